The summed E-state index contributed by atoms with van der Waals surface area (Å²) in [6, 6.07) is 3.85. The zero-order valence-corrected chi connectivity index (χ0v) is 12.5. The van der Waals surface area contributed by atoms with Crippen LogP contribution in [0.2, 0.25) is 0 Å². The lowest BCUT2D eigenvalue weighted by Crippen LogP contribution is -2.61. The molecular weight excluding hydrogens is 248 g/mol. The van der Waals surface area contributed by atoms with Crippen molar-refractivity contribution < 1.29 is 0 Å². The molecule has 4 atom stereocenters. The summed E-state index contributed by atoms with van der Waals surface area (Å²) in [6.07, 6.45) is 6.35. The van der Waals surface area contributed by atoms with Crippen LogP contribution in [0.15, 0.2) is 16.9 Å². The fourth-order valence-corrected chi connectivity index (χ4v) is 5.59. The minimum Gasteiger partial charge on any atom is -0.326 e. The Morgan fingerprint density at radius 3 is 3.10 bits per heavy atom. The summed E-state index contributed by atoms with van der Waals surface area (Å²) in [5.74, 6) is 2.33. The molecule has 3 aliphatic rings. The molecule has 0 amide bonds. The number of rotatable bonds is 0. The molecule has 2 aliphatic carbocycles. The number of nitrogens with one attached hydrogen (secondary N) is 1. The van der Waals surface area contributed by atoms with Crippen LogP contribution in [0.25, 0.3) is 0 Å². The number of aromatic nitrogens is 1. The molecule has 108 valence electrons. The van der Waals surface area contributed by atoms with E-state index >= 15 is 0 Å². The van der Waals surface area contributed by atoms with E-state index in [0.29, 0.717) is 0 Å². The molecule has 1 aromatic rings. The van der Waals surface area contributed by atoms with Gasteiger partial charge in [-0.25, -0.2) is 0 Å². The molecule has 0 aromatic carbocycles. The number of likely N-dealkylation sites (tertiary alicyclic amines) is 1. The number of piperidine rings is 1. The Bertz CT molecular complexity index is 593. The van der Waals surface area contributed by atoms with E-state index < -0.39 is 0 Å². The molecular formula is C17H24N2O. The summed E-state index contributed by atoms with van der Waals surface area (Å²) in [4.78, 5) is 17.4. The molecule has 2 heterocycles. The van der Waals surface area contributed by atoms with Gasteiger partial charge in [-0.05, 0) is 75.1 Å². The van der Waals surface area contributed by atoms with Crippen molar-refractivity contribution in [2.45, 2.75) is 44.6 Å². The zero-order valence-electron chi connectivity index (χ0n) is 12.5. The van der Waals surface area contributed by atoms with Gasteiger partial charge in [-0.3, -0.25) is 9.69 Å². The SMILES string of the molecule is C[C@@H]1C[C@@H]2Cc3[nH]c(=O)ccc3[C@]3(C1)[C@@H]2CCCN3C. The summed E-state index contributed by atoms with van der Waals surface area (Å²) in [6.45, 7) is 3.60. The molecule has 1 aliphatic heterocycles. The predicted octanol–water partition coefficient (Wildman–Crippen LogP) is 2.51. The first-order valence-corrected chi connectivity index (χ1v) is 8.05. The molecule has 2 bridgehead atoms. The van der Waals surface area contributed by atoms with Crippen LogP contribution >= 0.6 is 0 Å². The van der Waals surface area contributed by atoms with Crippen LogP contribution in [0.1, 0.15) is 43.9 Å². The Labute approximate surface area is 120 Å². The highest BCUT2D eigenvalue weighted by Gasteiger charge is 2.55. The average molecular weight is 272 g/mol. The van der Waals surface area contributed by atoms with Crippen molar-refractivity contribution >= 4 is 0 Å². The van der Waals surface area contributed by atoms with Crippen LogP contribution < -0.4 is 5.56 Å². The van der Waals surface area contributed by atoms with Crippen molar-refractivity contribution in [3.63, 3.8) is 0 Å². The van der Waals surface area contributed by atoms with E-state index in [0.717, 1.165) is 24.2 Å². The molecule has 0 unspecified atom stereocenters. The van der Waals surface area contributed by atoms with Crippen molar-refractivity contribution in [1.82, 2.24) is 9.88 Å². The fraction of sp³-hybridized carbons (Fsp3) is 0.706. The van der Waals surface area contributed by atoms with E-state index in [1.807, 2.05) is 0 Å². The summed E-state index contributed by atoms with van der Waals surface area (Å²) in [5.41, 5.74) is 2.90. The van der Waals surface area contributed by atoms with Gasteiger partial charge < -0.3 is 4.98 Å². The van der Waals surface area contributed by atoms with E-state index in [-0.39, 0.29) is 11.1 Å². The number of hydrogen-bond acceptors (Lipinski definition) is 2. The first-order valence-electron chi connectivity index (χ1n) is 8.05. The maximum atomic E-state index is 11.7. The average Bonchev–Trinajstić information content (AvgIpc) is 2.39. The smallest absolute Gasteiger partial charge is 0.248 e. The fourth-order valence-electron chi connectivity index (χ4n) is 5.59. The number of hydrogen-bond donors (Lipinski definition) is 1. The van der Waals surface area contributed by atoms with E-state index in [9.17, 15) is 4.79 Å². The third-order valence-electron chi connectivity index (χ3n) is 6.17. The normalized spacial score (nSPS) is 40.0. The second-order valence-corrected chi connectivity index (χ2v) is 7.32. The molecule has 2 fully saturated rings. The quantitative estimate of drug-likeness (QED) is 0.788. The van der Waals surface area contributed by atoms with E-state index in [2.05, 4.69) is 29.9 Å². The molecule has 3 heteroatoms. The van der Waals surface area contributed by atoms with Crippen LogP contribution in [0, 0.1) is 17.8 Å². The number of nitrogens with zero attached hydrogens (tertiary/aromatic N) is 1. The maximum Gasteiger partial charge on any atom is 0.248 e. The topological polar surface area (TPSA) is 36.1 Å². The summed E-state index contributed by atoms with van der Waals surface area (Å²) in [5, 5.41) is 0. The van der Waals surface area contributed by atoms with Gasteiger partial charge in [-0.2, -0.15) is 0 Å². The van der Waals surface area contributed by atoms with Gasteiger partial charge in [0.1, 0.15) is 0 Å². The number of pyridine rings is 1. The lowest BCUT2D eigenvalue weighted by molar-refractivity contribution is -0.0790. The van der Waals surface area contributed by atoms with Gasteiger partial charge in [0, 0.05) is 11.8 Å². The first kappa shape index (κ1) is 12.6. The third-order valence-corrected chi connectivity index (χ3v) is 6.17. The van der Waals surface area contributed by atoms with E-state index in [1.165, 1.54) is 43.5 Å². The molecule has 1 N–H and O–H groups in total. The third kappa shape index (κ3) is 1.53. The highest BCUT2D eigenvalue weighted by molar-refractivity contribution is 5.35. The molecule has 0 spiro atoms. The van der Waals surface area contributed by atoms with Crippen molar-refractivity contribution in [3.8, 4) is 0 Å². The van der Waals surface area contributed by atoms with Gasteiger partial charge in [-0.1, -0.05) is 6.92 Å². The van der Waals surface area contributed by atoms with Gasteiger partial charge in [0.25, 0.3) is 0 Å². The molecule has 1 aromatic heterocycles. The second kappa shape index (κ2) is 4.20. The lowest BCUT2D eigenvalue weighted by Gasteiger charge is -2.60. The molecule has 0 radical (unpaired) electrons. The van der Waals surface area contributed by atoms with Crippen molar-refractivity contribution in [1.29, 1.82) is 0 Å². The Kier molecular flexibility index (Phi) is 2.65. The number of H-pyrrole nitrogens is 1. The van der Waals surface area contributed by atoms with Gasteiger partial charge in [0.2, 0.25) is 5.56 Å². The van der Waals surface area contributed by atoms with Crippen LogP contribution in [-0.4, -0.2) is 23.5 Å². The standard InChI is InChI=1S/C17H24N2O/c1-11-8-12-9-15-14(5-6-16(20)18-15)17(10-11)13(12)4-3-7-19(17)2/h5-6,11-13H,3-4,7-10H2,1-2H3,(H,18,20)/t11-,12-,13-,17+/m1/s1. The first-order chi connectivity index (χ1) is 9.61. The monoisotopic (exact) mass is 272 g/mol. The van der Waals surface area contributed by atoms with Crippen LogP contribution in [-0.2, 0) is 12.0 Å². The second-order valence-electron chi connectivity index (χ2n) is 7.32. The Morgan fingerprint density at radius 1 is 1.40 bits per heavy atom. The summed E-state index contributed by atoms with van der Waals surface area (Å²) in [7, 11) is 2.29. The highest BCUT2D eigenvalue weighted by Crippen LogP contribution is 2.57. The van der Waals surface area contributed by atoms with Crippen LogP contribution in [0.4, 0.5) is 0 Å². The Balaban J connectivity index is 1.95. The number of fused-ring (bicyclic) bond motifs is 1. The summed E-state index contributed by atoms with van der Waals surface area (Å²) >= 11 is 0. The molecule has 3 nitrogen and oxygen atoms in total. The molecule has 4 rings (SSSR count). The minimum atomic E-state index is 0.0585. The van der Waals surface area contributed by atoms with Crippen LogP contribution in [0.5, 0.6) is 0 Å². The maximum absolute atomic E-state index is 11.7. The van der Waals surface area contributed by atoms with Gasteiger partial charge in [-0.15, -0.1) is 0 Å². The molecule has 1 saturated heterocycles. The largest absolute Gasteiger partial charge is 0.326 e. The summed E-state index contributed by atoms with van der Waals surface area (Å²) < 4.78 is 0. The van der Waals surface area contributed by atoms with Crippen molar-refractivity contribution in [3.05, 3.63) is 33.7 Å². The van der Waals surface area contributed by atoms with E-state index in [4.69, 9.17) is 0 Å². The highest BCUT2D eigenvalue weighted by atomic mass is 16.1. The van der Waals surface area contributed by atoms with Gasteiger partial charge in [0.05, 0.1) is 5.54 Å². The molecule has 20 heavy (non-hydrogen) atoms. The lowest BCUT2D eigenvalue weighted by atomic mass is 9.53. The minimum absolute atomic E-state index is 0.0585. The van der Waals surface area contributed by atoms with Crippen molar-refractivity contribution in [2.75, 3.05) is 13.6 Å². The number of aromatic amines is 1. The zero-order chi connectivity index (χ0) is 13.9. The van der Waals surface area contributed by atoms with Gasteiger partial charge >= 0.3 is 0 Å². The van der Waals surface area contributed by atoms with E-state index in [1.54, 1.807) is 6.07 Å². The van der Waals surface area contributed by atoms with Crippen molar-refractivity contribution in [2.24, 2.45) is 17.8 Å². The molecule has 1 saturated carbocycles. The Hall–Kier alpha value is -1.09. The predicted molar refractivity (Wildman–Crippen MR) is 79.7 cm³/mol. The Morgan fingerprint density at radius 2 is 2.25 bits per heavy atom. The van der Waals surface area contributed by atoms with Crippen LogP contribution in [0.3, 0.4) is 0 Å². The van der Waals surface area contributed by atoms with Gasteiger partial charge in [0.15, 0.2) is 0 Å².